The number of nitrogens with zero attached hydrogens (tertiary/aromatic N) is 5. The number of aryl methyl sites for hydroxylation is 1. The van der Waals surface area contributed by atoms with Gasteiger partial charge in [-0.05, 0) is 62.6 Å². The quantitative estimate of drug-likeness (QED) is 0.147. The Balaban J connectivity index is 2.44. The molecule has 1 N–H and O–H groups in total. The fourth-order valence-electron chi connectivity index (χ4n) is 3.81. The van der Waals surface area contributed by atoms with E-state index in [9.17, 15) is 24.9 Å². The Labute approximate surface area is 252 Å². The number of hydrogen-bond donors (Lipinski definition) is 1. The van der Waals surface area contributed by atoms with Crippen LogP contribution in [0.1, 0.15) is 57.2 Å². The largest absolute Gasteiger partial charge is 0.460 e. The van der Waals surface area contributed by atoms with Gasteiger partial charge in [-0.2, -0.15) is 10.5 Å². The lowest BCUT2D eigenvalue weighted by Crippen LogP contribution is -2.32. The molecule has 2 rings (SSSR count). The number of hydrogen-bond acceptors (Lipinski definition) is 10. The summed E-state index contributed by atoms with van der Waals surface area (Å²) in [5.41, 5.74) is 3.20. The third kappa shape index (κ3) is 10.6. The molecule has 2 aromatic carbocycles. The average Bonchev–Trinajstić information content (AvgIpc) is 2.97. The first-order valence-corrected chi connectivity index (χ1v) is 13.7. The Morgan fingerprint density at radius 1 is 0.907 bits per heavy atom. The third-order valence-electron chi connectivity index (χ3n) is 6.03. The van der Waals surface area contributed by atoms with Crippen molar-refractivity contribution in [2.24, 2.45) is 10.2 Å². The van der Waals surface area contributed by atoms with Crippen LogP contribution in [0.15, 0.2) is 64.9 Å². The van der Waals surface area contributed by atoms with E-state index in [1.165, 1.54) is 6.92 Å². The van der Waals surface area contributed by atoms with Gasteiger partial charge in [0.1, 0.15) is 36.7 Å². The molecular formula is C32H36N6O5. The number of azo groups is 1. The van der Waals surface area contributed by atoms with E-state index in [-0.39, 0.29) is 65.9 Å². The number of nitriles is 2. The fraction of sp³-hybridized carbons (Fsp3) is 0.344. The minimum Gasteiger partial charge on any atom is -0.460 e. The summed E-state index contributed by atoms with van der Waals surface area (Å²) in [6.07, 6.45) is 2.64. The van der Waals surface area contributed by atoms with Crippen LogP contribution < -0.4 is 10.2 Å². The standard InChI is InChI=1S/C32H36N6O5/c1-7-8-9-24-16-25(19-33)30(26(17-24)20-34)37-36-28-11-10-27(18-29(28)35-23(6)39)38(12-14-42-31(40)21(2)3)13-15-43-32(41)22(4)5/h10-11,16-18H,2,4,7-9,12-15H2,1,3,5-6H3,(H,35,39)/b37-36+. The summed E-state index contributed by atoms with van der Waals surface area (Å²) in [6.45, 7) is 14.2. The zero-order chi connectivity index (χ0) is 31.9. The Kier molecular flexibility index (Phi) is 13.3. The molecule has 0 aliphatic rings. The summed E-state index contributed by atoms with van der Waals surface area (Å²) in [5, 5.41) is 30.7. The molecule has 11 heteroatoms. The highest BCUT2D eigenvalue weighted by atomic mass is 16.5. The van der Waals surface area contributed by atoms with Gasteiger partial charge in [0, 0.05) is 23.8 Å². The normalized spacial score (nSPS) is 10.4. The van der Waals surface area contributed by atoms with E-state index in [1.54, 1.807) is 49.1 Å². The van der Waals surface area contributed by atoms with Crippen LogP contribution in [-0.2, 0) is 30.3 Å². The monoisotopic (exact) mass is 584 g/mol. The molecule has 0 aromatic heterocycles. The molecule has 0 aliphatic carbocycles. The highest BCUT2D eigenvalue weighted by Gasteiger charge is 2.15. The van der Waals surface area contributed by atoms with Crippen LogP contribution in [0.5, 0.6) is 0 Å². The topological polar surface area (TPSA) is 157 Å². The van der Waals surface area contributed by atoms with Crippen molar-refractivity contribution >= 4 is 40.6 Å². The lowest BCUT2D eigenvalue weighted by Gasteiger charge is -2.25. The third-order valence-corrected chi connectivity index (χ3v) is 6.03. The summed E-state index contributed by atoms with van der Waals surface area (Å²) in [4.78, 5) is 37.6. The van der Waals surface area contributed by atoms with E-state index in [1.807, 2.05) is 0 Å². The Morgan fingerprint density at radius 3 is 1.93 bits per heavy atom. The fourth-order valence-corrected chi connectivity index (χ4v) is 3.81. The van der Waals surface area contributed by atoms with Gasteiger partial charge in [0.05, 0.1) is 29.9 Å². The van der Waals surface area contributed by atoms with Crippen LogP contribution in [0.25, 0.3) is 0 Å². The zero-order valence-corrected chi connectivity index (χ0v) is 25.0. The van der Waals surface area contributed by atoms with Crippen molar-refractivity contribution in [3.63, 3.8) is 0 Å². The summed E-state index contributed by atoms with van der Waals surface area (Å²) >= 11 is 0. The first-order valence-electron chi connectivity index (χ1n) is 13.7. The maximum absolute atomic E-state index is 12.1. The number of anilines is 2. The van der Waals surface area contributed by atoms with E-state index >= 15 is 0 Å². The number of unbranched alkanes of at least 4 members (excludes halogenated alkanes) is 1. The summed E-state index contributed by atoms with van der Waals surface area (Å²) in [6, 6.07) is 12.6. The molecule has 224 valence electrons. The number of amides is 1. The molecular weight excluding hydrogens is 548 g/mol. The van der Waals surface area contributed by atoms with E-state index < -0.39 is 11.9 Å². The second-order valence-electron chi connectivity index (χ2n) is 9.77. The van der Waals surface area contributed by atoms with Crippen LogP contribution >= 0.6 is 0 Å². The van der Waals surface area contributed by atoms with Crippen molar-refractivity contribution in [2.75, 3.05) is 36.5 Å². The first-order chi connectivity index (χ1) is 20.5. The molecule has 0 saturated heterocycles. The molecule has 0 unspecified atom stereocenters. The summed E-state index contributed by atoms with van der Waals surface area (Å²) < 4.78 is 10.5. The molecule has 0 heterocycles. The van der Waals surface area contributed by atoms with Crippen molar-refractivity contribution in [3.05, 3.63) is 71.3 Å². The number of carbonyl (C=O) groups excluding carboxylic acids is 3. The van der Waals surface area contributed by atoms with E-state index in [2.05, 4.69) is 47.8 Å². The number of nitrogens with one attached hydrogen (secondary N) is 1. The van der Waals surface area contributed by atoms with Crippen LogP contribution in [0, 0.1) is 22.7 Å². The van der Waals surface area contributed by atoms with Crippen LogP contribution in [0.2, 0.25) is 0 Å². The minimum atomic E-state index is -0.532. The molecule has 0 aliphatic heterocycles. The maximum Gasteiger partial charge on any atom is 0.333 e. The molecule has 2 aromatic rings. The van der Waals surface area contributed by atoms with Gasteiger partial charge in [-0.1, -0.05) is 26.5 Å². The van der Waals surface area contributed by atoms with Gasteiger partial charge >= 0.3 is 11.9 Å². The molecule has 0 fully saturated rings. The Morgan fingerprint density at radius 2 is 1.47 bits per heavy atom. The van der Waals surface area contributed by atoms with Crippen molar-refractivity contribution in [2.45, 2.75) is 47.0 Å². The highest BCUT2D eigenvalue weighted by Crippen LogP contribution is 2.34. The summed E-state index contributed by atoms with van der Waals surface area (Å²) in [7, 11) is 0. The van der Waals surface area contributed by atoms with Gasteiger partial charge in [-0.15, -0.1) is 10.2 Å². The predicted molar refractivity (Wildman–Crippen MR) is 163 cm³/mol. The van der Waals surface area contributed by atoms with Crippen molar-refractivity contribution in [1.29, 1.82) is 10.5 Å². The number of benzene rings is 2. The molecule has 0 saturated carbocycles. The van der Waals surface area contributed by atoms with Crippen LogP contribution in [-0.4, -0.2) is 44.1 Å². The van der Waals surface area contributed by atoms with Crippen molar-refractivity contribution in [1.82, 2.24) is 0 Å². The van der Waals surface area contributed by atoms with Gasteiger partial charge in [0.2, 0.25) is 5.91 Å². The molecule has 43 heavy (non-hydrogen) atoms. The number of rotatable bonds is 15. The molecule has 0 radical (unpaired) electrons. The van der Waals surface area contributed by atoms with Crippen LogP contribution in [0.4, 0.5) is 22.7 Å². The maximum atomic E-state index is 12.1. The molecule has 0 atom stereocenters. The summed E-state index contributed by atoms with van der Waals surface area (Å²) in [5.74, 6) is -1.42. The van der Waals surface area contributed by atoms with Crippen molar-refractivity contribution < 1.29 is 23.9 Å². The molecule has 0 spiro atoms. The second-order valence-corrected chi connectivity index (χ2v) is 9.77. The Hall–Kier alpha value is -5.29. The van der Waals surface area contributed by atoms with E-state index in [0.717, 1.165) is 24.8 Å². The minimum absolute atomic E-state index is 0.0270. The first kappa shape index (κ1) is 33.9. The van der Waals surface area contributed by atoms with Gasteiger partial charge in [-0.3, -0.25) is 4.79 Å². The van der Waals surface area contributed by atoms with Gasteiger partial charge in [0.15, 0.2) is 0 Å². The Bertz CT molecular complexity index is 1430. The second kappa shape index (κ2) is 16.8. The van der Waals surface area contributed by atoms with E-state index in [4.69, 9.17) is 9.47 Å². The van der Waals surface area contributed by atoms with Gasteiger partial charge in [0.25, 0.3) is 0 Å². The number of ether oxygens (including phenoxy) is 2. The average molecular weight is 585 g/mol. The highest BCUT2D eigenvalue weighted by molar-refractivity contribution is 5.93. The molecule has 1 amide bonds. The van der Waals surface area contributed by atoms with Gasteiger partial charge < -0.3 is 19.7 Å². The van der Waals surface area contributed by atoms with Crippen LogP contribution in [0.3, 0.4) is 0 Å². The molecule has 0 bridgehead atoms. The predicted octanol–water partition coefficient (Wildman–Crippen LogP) is 6.19. The van der Waals surface area contributed by atoms with Crippen molar-refractivity contribution in [3.8, 4) is 12.1 Å². The number of esters is 2. The van der Waals surface area contributed by atoms with E-state index in [0.29, 0.717) is 11.4 Å². The molecule has 11 nitrogen and oxygen atoms in total. The lowest BCUT2D eigenvalue weighted by molar-refractivity contribution is -0.139. The smallest absolute Gasteiger partial charge is 0.333 e. The number of carbonyl (C=O) groups is 3. The lowest BCUT2D eigenvalue weighted by atomic mass is 10.0. The van der Waals surface area contributed by atoms with Gasteiger partial charge in [-0.25, -0.2) is 9.59 Å². The SMILES string of the molecule is C=C(C)C(=O)OCCN(CCOC(=O)C(=C)C)c1ccc(/N=N/c2c(C#N)cc(CCCC)cc2C#N)c(NC(C)=O)c1. The zero-order valence-electron chi connectivity index (χ0n) is 25.0.